The monoisotopic (exact) mass is 278 g/mol. The van der Waals surface area contributed by atoms with Crippen molar-refractivity contribution in [2.45, 2.75) is 26.3 Å². The number of imidazole rings is 1. The summed E-state index contributed by atoms with van der Waals surface area (Å²) in [6, 6.07) is 5.50. The lowest BCUT2D eigenvalue weighted by molar-refractivity contribution is -0.137. The quantitative estimate of drug-likeness (QED) is 0.854. The molecule has 19 heavy (non-hydrogen) atoms. The molecule has 0 amide bonds. The predicted octanol–water partition coefficient (Wildman–Crippen LogP) is 3.28. The van der Waals surface area contributed by atoms with E-state index in [9.17, 15) is 4.79 Å². The topological polar surface area (TPSA) is 55.1 Å². The largest absolute Gasteiger partial charge is 0.481 e. The normalized spacial score (nSPS) is 10.8. The van der Waals surface area contributed by atoms with Crippen LogP contribution in [0.5, 0.6) is 0 Å². The van der Waals surface area contributed by atoms with E-state index >= 15 is 0 Å². The van der Waals surface area contributed by atoms with Crippen LogP contribution < -0.4 is 0 Å². The number of fused-ring (bicyclic) bond motifs is 1. The Balaban J connectivity index is 2.47. The van der Waals surface area contributed by atoms with Crippen molar-refractivity contribution in [3.05, 3.63) is 41.2 Å². The summed E-state index contributed by atoms with van der Waals surface area (Å²) in [6.45, 7) is 6.47. The van der Waals surface area contributed by atoms with Crippen molar-refractivity contribution >= 4 is 28.6 Å². The summed E-state index contributed by atoms with van der Waals surface area (Å²) in [5, 5.41) is 9.41. The van der Waals surface area contributed by atoms with E-state index in [2.05, 4.69) is 11.6 Å². The Morgan fingerprint density at radius 2 is 2.26 bits per heavy atom. The Hall–Kier alpha value is -1.81. The minimum Gasteiger partial charge on any atom is -0.481 e. The van der Waals surface area contributed by atoms with Crippen LogP contribution in [0.25, 0.3) is 11.0 Å². The zero-order chi connectivity index (χ0) is 14.0. The van der Waals surface area contributed by atoms with Gasteiger partial charge in [-0.3, -0.25) is 4.79 Å². The van der Waals surface area contributed by atoms with Crippen LogP contribution in [0.15, 0.2) is 30.4 Å². The number of carboxylic acid groups (broad SMARTS) is 1. The molecule has 0 aliphatic heterocycles. The van der Waals surface area contributed by atoms with Crippen LogP contribution in [-0.2, 0) is 17.8 Å². The Bertz CT molecular complexity index is 646. The molecule has 1 heterocycles. The highest BCUT2D eigenvalue weighted by molar-refractivity contribution is 6.31. The molecule has 0 aliphatic carbocycles. The molecule has 1 aromatic carbocycles. The molecular weight excluding hydrogens is 264 g/mol. The smallest absolute Gasteiger partial charge is 0.303 e. The Morgan fingerprint density at radius 3 is 2.89 bits per heavy atom. The highest BCUT2D eigenvalue weighted by atomic mass is 35.5. The number of allylic oxidation sites excluding steroid dienone is 1. The second-order valence-electron chi connectivity index (χ2n) is 4.60. The van der Waals surface area contributed by atoms with Gasteiger partial charge in [-0.2, -0.15) is 0 Å². The van der Waals surface area contributed by atoms with Crippen LogP contribution in [-0.4, -0.2) is 20.6 Å². The van der Waals surface area contributed by atoms with Gasteiger partial charge >= 0.3 is 5.97 Å². The minimum absolute atomic E-state index is 0.0627. The van der Waals surface area contributed by atoms with Crippen LogP contribution in [0.3, 0.4) is 0 Å². The van der Waals surface area contributed by atoms with E-state index in [4.69, 9.17) is 16.7 Å². The highest BCUT2D eigenvalue weighted by Crippen LogP contribution is 2.22. The van der Waals surface area contributed by atoms with Gasteiger partial charge in [0.05, 0.1) is 17.5 Å². The second-order valence-corrected chi connectivity index (χ2v) is 5.03. The number of aromatic nitrogens is 2. The first kappa shape index (κ1) is 13.6. The molecule has 0 saturated heterocycles. The van der Waals surface area contributed by atoms with E-state index in [1.54, 1.807) is 6.07 Å². The van der Waals surface area contributed by atoms with Gasteiger partial charge in [-0.15, -0.1) is 0 Å². The molecule has 0 radical (unpaired) electrons. The SMILES string of the molecule is C=C(C)Cn1c(CCC(=O)O)nc2cc(Cl)ccc21. The van der Waals surface area contributed by atoms with E-state index in [-0.39, 0.29) is 6.42 Å². The van der Waals surface area contributed by atoms with Gasteiger partial charge in [0.25, 0.3) is 0 Å². The molecule has 0 atom stereocenters. The van der Waals surface area contributed by atoms with Gasteiger partial charge in [-0.25, -0.2) is 4.98 Å². The standard InChI is InChI=1S/C14H15ClN2O2/c1-9(2)8-17-12-4-3-10(15)7-11(12)16-13(17)5-6-14(18)19/h3-4,7H,1,5-6,8H2,2H3,(H,18,19). The Kier molecular flexibility index (Phi) is 3.90. The van der Waals surface area contributed by atoms with E-state index < -0.39 is 5.97 Å². The zero-order valence-corrected chi connectivity index (χ0v) is 11.4. The molecule has 0 bridgehead atoms. The van der Waals surface area contributed by atoms with E-state index in [1.165, 1.54) is 0 Å². The van der Waals surface area contributed by atoms with Gasteiger partial charge in [0.1, 0.15) is 5.82 Å². The Labute approximate surface area is 116 Å². The number of aryl methyl sites for hydroxylation is 1. The average molecular weight is 279 g/mol. The number of hydrogen-bond acceptors (Lipinski definition) is 2. The lowest BCUT2D eigenvalue weighted by Gasteiger charge is -2.08. The van der Waals surface area contributed by atoms with Crippen LogP contribution in [0.4, 0.5) is 0 Å². The third-order valence-electron chi connectivity index (χ3n) is 2.78. The third-order valence-corrected chi connectivity index (χ3v) is 3.01. The van der Waals surface area contributed by atoms with Gasteiger partial charge < -0.3 is 9.67 Å². The summed E-state index contributed by atoms with van der Waals surface area (Å²) in [5.41, 5.74) is 2.73. The maximum absolute atomic E-state index is 10.7. The summed E-state index contributed by atoms with van der Waals surface area (Å²) >= 11 is 5.95. The fraction of sp³-hybridized carbons (Fsp3) is 0.286. The van der Waals surface area contributed by atoms with Crippen molar-refractivity contribution in [2.24, 2.45) is 0 Å². The van der Waals surface area contributed by atoms with E-state index in [0.717, 1.165) is 22.4 Å². The van der Waals surface area contributed by atoms with Crippen molar-refractivity contribution in [3.8, 4) is 0 Å². The van der Waals surface area contributed by atoms with Crippen LogP contribution in [0.1, 0.15) is 19.2 Å². The Morgan fingerprint density at radius 1 is 1.53 bits per heavy atom. The summed E-state index contributed by atoms with van der Waals surface area (Å²) in [6.07, 6.45) is 0.460. The van der Waals surface area contributed by atoms with Gasteiger partial charge in [0.2, 0.25) is 0 Å². The lowest BCUT2D eigenvalue weighted by Crippen LogP contribution is -2.07. The molecule has 0 unspecified atom stereocenters. The average Bonchev–Trinajstić information content (AvgIpc) is 2.63. The zero-order valence-electron chi connectivity index (χ0n) is 10.7. The van der Waals surface area contributed by atoms with Crippen molar-refractivity contribution in [1.29, 1.82) is 0 Å². The van der Waals surface area contributed by atoms with Gasteiger partial charge in [-0.1, -0.05) is 23.8 Å². The maximum Gasteiger partial charge on any atom is 0.303 e. The second kappa shape index (κ2) is 5.45. The highest BCUT2D eigenvalue weighted by Gasteiger charge is 2.12. The number of carboxylic acids is 1. The summed E-state index contributed by atoms with van der Waals surface area (Å²) in [5.74, 6) is -0.0744. The molecule has 1 N–H and O–H groups in total. The first-order valence-corrected chi connectivity index (χ1v) is 6.36. The molecule has 4 nitrogen and oxygen atoms in total. The summed E-state index contributed by atoms with van der Waals surface area (Å²) in [4.78, 5) is 15.2. The molecule has 2 rings (SSSR count). The molecule has 5 heteroatoms. The molecular formula is C14H15ClN2O2. The third kappa shape index (κ3) is 3.15. The van der Waals surface area contributed by atoms with Crippen molar-refractivity contribution in [2.75, 3.05) is 0 Å². The molecule has 0 fully saturated rings. The maximum atomic E-state index is 10.7. The lowest BCUT2D eigenvalue weighted by atomic mass is 10.2. The van der Waals surface area contributed by atoms with Crippen LogP contribution in [0, 0.1) is 0 Å². The first-order valence-electron chi connectivity index (χ1n) is 5.98. The van der Waals surface area contributed by atoms with E-state index in [1.807, 2.05) is 23.6 Å². The van der Waals surface area contributed by atoms with E-state index in [0.29, 0.717) is 18.0 Å². The van der Waals surface area contributed by atoms with Gasteiger partial charge in [0.15, 0.2) is 0 Å². The fourth-order valence-electron chi connectivity index (χ4n) is 2.01. The van der Waals surface area contributed by atoms with Crippen molar-refractivity contribution < 1.29 is 9.90 Å². The molecule has 2 aromatic rings. The number of nitrogens with zero attached hydrogens (tertiary/aromatic N) is 2. The molecule has 0 aliphatic rings. The summed E-state index contributed by atoms with van der Waals surface area (Å²) in [7, 11) is 0. The molecule has 0 saturated carbocycles. The number of benzene rings is 1. The van der Waals surface area contributed by atoms with Gasteiger partial charge in [0, 0.05) is 18.0 Å². The number of carbonyl (C=O) groups is 1. The number of rotatable bonds is 5. The minimum atomic E-state index is -0.827. The predicted molar refractivity (Wildman–Crippen MR) is 75.5 cm³/mol. The van der Waals surface area contributed by atoms with Gasteiger partial charge in [-0.05, 0) is 25.1 Å². The molecule has 100 valence electrons. The van der Waals surface area contributed by atoms with Crippen LogP contribution >= 0.6 is 11.6 Å². The molecule has 1 aromatic heterocycles. The van der Waals surface area contributed by atoms with Crippen LogP contribution in [0.2, 0.25) is 5.02 Å². The number of aliphatic carboxylic acids is 1. The number of halogens is 1. The van der Waals surface area contributed by atoms with Crippen molar-refractivity contribution in [1.82, 2.24) is 9.55 Å². The first-order chi connectivity index (χ1) is 8.97. The summed E-state index contributed by atoms with van der Waals surface area (Å²) < 4.78 is 2.00. The number of hydrogen-bond donors (Lipinski definition) is 1. The molecule has 0 spiro atoms. The van der Waals surface area contributed by atoms with Crippen molar-refractivity contribution in [3.63, 3.8) is 0 Å². The fourth-order valence-corrected chi connectivity index (χ4v) is 2.18.